The van der Waals surface area contributed by atoms with E-state index >= 15 is 0 Å². The number of rotatable bonds is 8. The number of cyclic esters (lactones) is 1. The van der Waals surface area contributed by atoms with Crippen LogP contribution in [-0.4, -0.2) is 37.7 Å². The zero-order chi connectivity index (χ0) is 25.1. The summed E-state index contributed by atoms with van der Waals surface area (Å²) in [6, 6.07) is 15.8. The van der Waals surface area contributed by atoms with Crippen LogP contribution in [0, 0.1) is 11.7 Å². The van der Waals surface area contributed by atoms with Crippen LogP contribution < -0.4 is 14.8 Å². The fourth-order valence-corrected chi connectivity index (χ4v) is 3.88. The van der Waals surface area contributed by atoms with Crippen LogP contribution >= 0.6 is 0 Å². The average Bonchev–Trinajstić information content (AvgIpc) is 3.20. The first-order chi connectivity index (χ1) is 16.8. The molecule has 4 rings (SSSR count). The molecule has 3 aromatic carbocycles. The Balaban J connectivity index is 1.74. The minimum atomic E-state index is -1.82. The van der Waals surface area contributed by atoms with E-state index in [2.05, 4.69) is 5.32 Å². The van der Waals surface area contributed by atoms with Crippen LogP contribution in [0.5, 0.6) is 11.5 Å². The molecule has 1 heterocycles. The van der Waals surface area contributed by atoms with Crippen molar-refractivity contribution in [2.75, 3.05) is 19.5 Å². The van der Waals surface area contributed by atoms with Crippen molar-refractivity contribution in [2.24, 2.45) is 5.92 Å². The van der Waals surface area contributed by atoms with Crippen LogP contribution in [0.4, 0.5) is 10.1 Å². The number of nitrogens with one attached hydrogen (secondary N) is 1. The second kappa shape index (κ2) is 9.76. The van der Waals surface area contributed by atoms with Gasteiger partial charge in [-0.2, -0.15) is 0 Å². The molecule has 1 N–H and O–H groups in total. The molecular weight excluding hydrogens is 457 g/mol. The van der Waals surface area contributed by atoms with Crippen LogP contribution in [0.1, 0.15) is 32.4 Å². The minimum Gasteiger partial charge on any atom is -0.497 e. The summed E-state index contributed by atoms with van der Waals surface area (Å²) in [5, 5.41) is 2.42. The number of fused-ring (bicyclic) bond motifs is 1. The van der Waals surface area contributed by atoms with Gasteiger partial charge >= 0.3 is 5.97 Å². The third-order valence-corrected chi connectivity index (χ3v) is 5.61. The number of ketones is 2. The Morgan fingerprint density at radius 3 is 2.40 bits per heavy atom. The largest absolute Gasteiger partial charge is 0.497 e. The van der Waals surface area contributed by atoms with Gasteiger partial charge in [0.25, 0.3) is 5.91 Å². The highest BCUT2D eigenvalue weighted by molar-refractivity contribution is 6.45. The fraction of sp³-hybridized carbons (Fsp3) is 0.154. The van der Waals surface area contributed by atoms with Gasteiger partial charge < -0.3 is 19.5 Å². The number of hydrogen-bond donors (Lipinski definition) is 1. The quantitative estimate of drug-likeness (QED) is 0.228. The molecule has 178 valence electrons. The Bertz CT molecular complexity index is 1340. The summed E-state index contributed by atoms with van der Waals surface area (Å²) in [6.07, 6.45) is -1.41. The number of Topliss-reactive ketones (excluding diaryl/α,β-unsaturated/α-hetero) is 2. The Morgan fingerprint density at radius 2 is 1.69 bits per heavy atom. The summed E-state index contributed by atoms with van der Waals surface area (Å²) in [7, 11) is 2.80. The summed E-state index contributed by atoms with van der Waals surface area (Å²) in [5.74, 6) is -6.20. The third-order valence-electron chi connectivity index (χ3n) is 5.61. The summed E-state index contributed by atoms with van der Waals surface area (Å²) in [4.78, 5) is 52.3. The number of carbonyl (C=O) groups is 4. The number of ether oxygens (including phenoxy) is 3. The number of esters is 1. The molecule has 0 saturated heterocycles. The number of methoxy groups -OCH3 is 2. The highest BCUT2D eigenvalue weighted by Crippen LogP contribution is 2.39. The molecule has 1 amide bonds. The lowest BCUT2D eigenvalue weighted by molar-refractivity contribution is -0.138. The second-order valence-corrected chi connectivity index (χ2v) is 7.62. The van der Waals surface area contributed by atoms with Crippen molar-refractivity contribution < 1.29 is 37.8 Å². The first kappa shape index (κ1) is 23.6. The number of hydrogen-bond acceptors (Lipinski definition) is 7. The number of halogens is 1. The predicted octanol–water partition coefficient (Wildman–Crippen LogP) is 3.76. The minimum absolute atomic E-state index is 0.117. The van der Waals surface area contributed by atoms with Crippen molar-refractivity contribution in [3.05, 3.63) is 89.2 Å². The molecule has 3 aromatic rings. The molecule has 0 spiro atoms. The monoisotopic (exact) mass is 477 g/mol. The predicted molar refractivity (Wildman–Crippen MR) is 122 cm³/mol. The molecule has 9 heteroatoms. The fourth-order valence-electron chi connectivity index (χ4n) is 3.88. The van der Waals surface area contributed by atoms with Gasteiger partial charge in [-0.3, -0.25) is 14.4 Å². The highest BCUT2D eigenvalue weighted by atomic mass is 19.1. The van der Waals surface area contributed by atoms with E-state index in [9.17, 15) is 23.6 Å². The maximum absolute atomic E-state index is 14.5. The molecule has 1 aliphatic rings. The first-order valence-electron chi connectivity index (χ1n) is 10.5. The Morgan fingerprint density at radius 1 is 0.971 bits per heavy atom. The SMILES string of the molecule is COc1ccc(OC)c(NC(=O)C(=O)[C@@H](C(=O)c2ccccc2F)[C@@H]2OC(=O)c3ccccc32)c1. The zero-order valence-electron chi connectivity index (χ0n) is 18.7. The van der Waals surface area contributed by atoms with Crippen molar-refractivity contribution in [3.63, 3.8) is 0 Å². The van der Waals surface area contributed by atoms with E-state index in [1.807, 2.05) is 0 Å². The van der Waals surface area contributed by atoms with E-state index in [0.717, 1.165) is 6.07 Å². The maximum atomic E-state index is 14.5. The summed E-state index contributed by atoms with van der Waals surface area (Å²) < 4.78 is 30.2. The first-order valence-corrected chi connectivity index (χ1v) is 10.5. The molecule has 35 heavy (non-hydrogen) atoms. The van der Waals surface area contributed by atoms with E-state index in [4.69, 9.17) is 14.2 Å². The van der Waals surface area contributed by atoms with Crippen molar-refractivity contribution in [1.82, 2.24) is 0 Å². The third kappa shape index (κ3) is 4.48. The zero-order valence-corrected chi connectivity index (χ0v) is 18.7. The molecule has 0 saturated carbocycles. The Kier molecular flexibility index (Phi) is 6.59. The van der Waals surface area contributed by atoms with E-state index in [1.165, 1.54) is 56.7 Å². The molecule has 0 aliphatic carbocycles. The topological polar surface area (TPSA) is 108 Å². The van der Waals surface area contributed by atoms with Crippen molar-refractivity contribution in [1.29, 1.82) is 0 Å². The second-order valence-electron chi connectivity index (χ2n) is 7.62. The lowest BCUT2D eigenvalue weighted by atomic mass is 9.84. The van der Waals surface area contributed by atoms with Gasteiger partial charge in [-0.05, 0) is 30.3 Å². The average molecular weight is 477 g/mol. The number of benzene rings is 3. The van der Waals surface area contributed by atoms with Crippen molar-refractivity contribution >= 4 is 29.1 Å². The standard InChI is InChI=1S/C26H20FNO7/c1-33-14-11-12-20(34-2)19(13-14)28-25(31)23(30)21(22(29)17-9-5-6-10-18(17)27)24-15-7-3-4-8-16(15)26(32)35-24/h3-13,21,24H,1-2H3,(H,28,31)/t21-,24-/m1/s1. The van der Waals surface area contributed by atoms with E-state index in [1.54, 1.807) is 18.2 Å². The normalized spacial score (nSPS) is 14.9. The lowest BCUT2D eigenvalue weighted by Crippen LogP contribution is -2.38. The highest BCUT2D eigenvalue weighted by Gasteiger charge is 2.46. The molecule has 1 aliphatic heterocycles. The summed E-state index contributed by atoms with van der Waals surface area (Å²) in [5.41, 5.74) is 0.128. The van der Waals surface area contributed by atoms with Gasteiger partial charge in [0.15, 0.2) is 5.78 Å². The molecule has 0 unspecified atom stereocenters. The number of carbonyl (C=O) groups excluding carboxylic acids is 4. The van der Waals surface area contributed by atoms with Gasteiger partial charge in [0, 0.05) is 11.6 Å². The van der Waals surface area contributed by atoms with Crippen molar-refractivity contribution in [2.45, 2.75) is 6.10 Å². The van der Waals surface area contributed by atoms with Crippen LogP contribution in [0.3, 0.4) is 0 Å². The van der Waals surface area contributed by atoms with Gasteiger partial charge in [0.1, 0.15) is 29.3 Å². The summed E-state index contributed by atoms with van der Waals surface area (Å²) >= 11 is 0. The van der Waals surface area contributed by atoms with Crippen molar-refractivity contribution in [3.8, 4) is 11.5 Å². The van der Waals surface area contributed by atoms with Gasteiger partial charge in [-0.25, -0.2) is 9.18 Å². The smallest absolute Gasteiger partial charge is 0.339 e. The van der Waals surface area contributed by atoms with Gasteiger partial charge in [-0.15, -0.1) is 0 Å². The number of anilines is 1. The molecule has 8 nitrogen and oxygen atoms in total. The van der Waals surface area contributed by atoms with E-state index in [0.29, 0.717) is 5.75 Å². The van der Waals surface area contributed by atoms with E-state index in [-0.39, 0.29) is 22.6 Å². The maximum Gasteiger partial charge on any atom is 0.339 e. The van der Waals surface area contributed by atoms with Crippen LogP contribution in [0.15, 0.2) is 66.7 Å². The molecule has 2 atom stereocenters. The Hall–Kier alpha value is -4.53. The lowest BCUT2D eigenvalue weighted by Gasteiger charge is -2.21. The van der Waals surface area contributed by atoms with Gasteiger partial charge in [-0.1, -0.05) is 30.3 Å². The molecule has 0 fully saturated rings. The molecule has 0 aromatic heterocycles. The summed E-state index contributed by atoms with van der Waals surface area (Å²) in [6.45, 7) is 0. The molecule has 0 radical (unpaired) electrons. The molecule has 0 bridgehead atoms. The Labute approximate surface area is 199 Å². The van der Waals surface area contributed by atoms with Gasteiger partial charge in [0.2, 0.25) is 5.78 Å². The van der Waals surface area contributed by atoms with E-state index < -0.39 is 46.8 Å². The van der Waals surface area contributed by atoms with Gasteiger partial charge in [0.05, 0.1) is 31.0 Å². The number of amides is 1. The van der Waals surface area contributed by atoms with Crippen LogP contribution in [0.25, 0.3) is 0 Å². The van der Waals surface area contributed by atoms with Crippen LogP contribution in [-0.2, 0) is 14.3 Å². The van der Waals surface area contributed by atoms with Crippen LogP contribution in [0.2, 0.25) is 0 Å². The molecular formula is C26H20FNO7.